The molecule has 1 aromatic carbocycles. The van der Waals surface area contributed by atoms with Crippen molar-refractivity contribution >= 4 is 23.6 Å². The minimum Gasteiger partial charge on any atom is -0.465 e. The molecule has 0 aliphatic rings. The van der Waals surface area contributed by atoms with Gasteiger partial charge in [0, 0.05) is 19.9 Å². The van der Waals surface area contributed by atoms with Gasteiger partial charge in [-0.15, -0.1) is 0 Å². The quantitative estimate of drug-likeness (QED) is 0.352. The van der Waals surface area contributed by atoms with Gasteiger partial charge in [0.05, 0.1) is 12.0 Å². The first-order valence-corrected chi connectivity index (χ1v) is 5.54. The molecule has 9 heteroatoms. The topological polar surface area (TPSA) is 122 Å². The summed E-state index contributed by atoms with van der Waals surface area (Å²) < 4.78 is 14.0. The molecule has 0 radical (unpaired) electrons. The number of carbonyl (C=O) groups is 3. The van der Waals surface area contributed by atoms with Crippen molar-refractivity contribution in [1.82, 2.24) is 0 Å². The largest absolute Gasteiger partial charge is 0.465 e. The van der Waals surface area contributed by atoms with Gasteiger partial charge in [-0.3, -0.25) is 19.7 Å². The van der Waals surface area contributed by atoms with E-state index in [0.29, 0.717) is 0 Å². The van der Waals surface area contributed by atoms with Crippen molar-refractivity contribution < 1.29 is 33.5 Å². The molecule has 1 aromatic rings. The van der Waals surface area contributed by atoms with Gasteiger partial charge in [0.15, 0.2) is 5.56 Å². The molecule has 0 spiro atoms. The number of hydrogen-bond acceptors (Lipinski definition) is 8. The summed E-state index contributed by atoms with van der Waals surface area (Å²) in [6, 6.07) is 1.99. The zero-order valence-electron chi connectivity index (χ0n) is 11.4. The van der Waals surface area contributed by atoms with E-state index in [0.717, 1.165) is 33.1 Å². The van der Waals surface area contributed by atoms with Crippen LogP contribution in [-0.4, -0.2) is 29.9 Å². The third kappa shape index (κ3) is 3.75. The highest BCUT2D eigenvalue weighted by molar-refractivity contribution is 5.98. The lowest BCUT2D eigenvalue weighted by molar-refractivity contribution is -0.385. The predicted octanol–water partition coefficient (Wildman–Crippen LogP) is 1.23. The second-order valence-electron chi connectivity index (χ2n) is 3.72. The fourth-order valence-corrected chi connectivity index (χ4v) is 1.48. The van der Waals surface area contributed by atoms with Gasteiger partial charge in [0.25, 0.3) is 0 Å². The molecule has 21 heavy (non-hydrogen) atoms. The van der Waals surface area contributed by atoms with Crippen molar-refractivity contribution in [2.75, 3.05) is 7.11 Å². The minimum atomic E-state index is -1.05. The average molecular weight is 297 g/mol. The normalized spacial score (nSPS) is 9.67. The fraction of sp³-hybridized carbons (Fsp3) is 0.250. The van der Waals surface area contributed by atoms with E-state index < -0.39 is 39.8 Å². The lowest BCUT2D eigenvalue weighted by Gasteiger charge is -2.12. The maximum Gasteiger partial charge on any atom is 0.345 e. The average Bonchev–Trinajstić information content (AvgIpc) is 2.36. The summed E-state index contributed by atoms with van der Waals surface area (Å²) >= 11 is 0. The van der Waals surface area contributed by atoms with E-state index in [1.165, 1.54) is 0 Å². The standard InChI is InChI=1S/C12H11NO8/c1-6(14)20-9-5-4-8(13(17)18)11(21-7(2)15)10(9)12(16)19-3/h4-5H,1-3H3. The first-order chi connectivity index (χ1) is 9.77. The number of nitrogens with zero attached hydrogens (tertiary/aromatic N) is 1. The van der Waals surface area contributed by atoms with Crippen LogP contribution in [0, 0.1) is 10.1 Å². The number of nitro groups is 1. The van der Waals surface area contributed by atoms with Gasteiger partial charge in [0.1, 0.15) is 5.75 Å². The zero-order chi connectivity index (χ0) is 16.2. The van der Waals surface area contributed by atoms with Gasteiger partial charge >= 0.3 is 23.6 Å². The van der Waals surface area contributed by atoms with Gasteiger partial charge in [-0.05, 0) is 6.07 Å². The van der Waals surface area contributed by atoms with Gasteiger partial charge in [-0.25, -0.2) is 4.79 Å². The van der Waals surface area contributed by atoms with Crippen molar-refractivity contribution in [2.45, 2.75) is 13.8 Å². The van der Waals surface area contributed by atoms with Crippen LogP contribution in [-0.2, 0) is 14.3 Å². The van der Waals surface area contributed by atoms with Crippen LogP contribution in [0.2, 0.25) is 0 Å². The maximum absolute atomic E-state index is 11.8. The lowest BCUT2D eigenvalue weighted by atomic mass is 10.1. The molecule has 0 aromatic heterocycles. The number of esters is 3. The molecule has 0 saturated carbocycles. The van der Waals surface area contributed by atoms with Crippen molar-refractivity contribution in [3.63, 3.8) is 0 Å². The molecular formula is C12H11NO8. The molecule has 1 rings (SSSR count). The number of methoxy groups -OCH3 is 1. The highest BCUT2D eigenvalue weighted by Gasteiger charge is 2.30. The van der Waals surface area contributed by atoms with Crippen molar-refractivity contribution in [1.29, 1.82) is 0 Å². The van der Waals surface area contributed by atoms with E-state index in [1.54, 1.807) is 0 Å². The summed E-state index contributed by atoms with van der Waals surface area (Å²) in [5, 5.41) is 11.0. The van der Waals surface area contributed by atoms with Crippen LogP contribution in [0.25, 0.3) is 0 Å². The zero-order valence-corrected chi connectivity index (χ0v) is 11.4. The molecule has 112 valence electrons. The summed E-state index contributed by atoms with van der Waals surface area (Å²) in [6.07, 6.45) is 0. The molecule has 0 N–H and O–H groups in total. The first-order valence-electron chi connectivity index (χ1n) is 5.54. The summed E-state index contributed by atoms with van der Waals surface area (Å²) in [4.78, 5) is 44.0. The molecule has 0 fully saturated rings. The molecule has 0 unspecified atom stereocenters. The highest BCUT2D eigenvalue weighted by atomic mass is 16.6. The number of benzene rings is 1. The van der Waals surface area contributed by atoms with Crippen LogP contribution in [0.4, 0.5) is 5.69 Å². The van der Waals surface area contributed by atoms with Crippen LogP contribution >= 0.6 is 0 Å². The predicted molar refractivity (Wildman–Crippen MR) is 67.1 cm³/mol. The van der Waals surface area contributed by atoms with Gasteiger partial charge in [-0.2, -0.15) is 0 Å². The third-order valence-electron chi connectivity index (χ3n) is 2.18. The van der Waals surface area contributed by atoms with E-state index in [2.05, 4.69) is 4.74 Å². The van der Waals surface area contributed by atoms with Crippen LogP contribution in [0.1, 0.15) is 24.2 Å². The Labute approximate surface area is 118 Å². The number of ether oxygens (including phenoxy) is 3. The molecule has 0 aliphatic heterocycles. The summed E-state index contributed by atoms with van der Waals surface area (Å²) in [6.45, 7) is 2.08. The Morgan fingerprint density at radius 1 is 1.10 bits per heavy atom. The van der Waals surface area contributed by atoms with Crippen LogP contribution < -0.4 is 9.47 Å². The highest BCUT2D eigenvalue weighted by Crippen LogP contribution is 2.38. The van der Waals surface area contributed by atoms with Gasteiger partial charge < -0.3 is 14.2 Å². The summed E-state index contributed by atoms with van der Waals surface area (Å²) in [5.74, 6) is -3.65. The number of hydrogen-bond donors (Lipinski definition) is 0. The maximum atomic E-state index is 11.8. The van der Waals surface area contributed by atoms with Crippen molar-refractivity contribution in [2.24, 2.45) is 0 Å². The van der Waals surface area contributed by atoms with E-state index in [-0.39, 0.29) is 5.75 Å². The Morgan fingerprint density at radius 2 is 1.67 bits per heavy atom. The van der Waals surface area contributed by atoms with Crippen LogP contribution in [0.3, 0.4) is 0 Å². The molecule has 0 heterocycles. The lowest BCUT2D eigenvalue weighted by Crippen LogP contribution is -2.14. The molecule has 9 nitrogen and oxygen atoms in total. The third-order valence-corrected chi connectivity index (χ3v) is 2.18. The van der Waals surface area contributed by atoms with Crippen molar-refractivity contribution in [3.05, 3.63) is 27.8 Å². The van der Waals surface area contributed by atoms with Crippen LogP contribution in [0.15, 0.2) is 12.1 Å². The molecule has 0 bridgehead atoms. The Hall–Kier alpha value is -2.97. The number of nitro benzene ring substituents is 1. The summed E-state index contributed by atoms with van der Waals surface area (Å²) in [7, 11) is 1.02. The van der Waals surface area contributed by atoms with Gasteiger partial charge in [0.2, 0.25) is 5.75 Å². The molecule has 0 aliphatic carbocycles. The van der Waals surface area contributed by atoms with E-state index in [1.807, 2.05) is 0 Å². The van der Waals surface area contributed by atoms with E-state index in [4.69, 9.17) is 9.47 Å². The van der Waals surface area contributed by atoms with E-state index in [9.17, 15) is 24.5 Å². The van der Waals surface area contributed by atoms with Gasteiger partial charge in [-0.1, -0.05) is 0 Å². The monoisotopic (exact) mass is 297 g/mol. The Kier molecular flexibility index (Phi) is 4.95. The fourth-order valence-electron chi connectivity index (χ4n) is 1.48. The molecule has 0 amide bonds. The smallest absolute Gasteiger partial charge is 0.345 e. The minimum absolute atomic E-state index is 0.309. The number of carbonyl (C=O) groups excluding carboxylic acids is 3. The second-order valence-corrected chi connectivity index (χ2v) is 3.72. The van der Waals surface area contributed by atoms with Crippen LogP contribution in [0.5, 0.6) is 11.5 Å². The Morgan fingerprint density at radius 3 is 2.10 bits per heavy atom. The van der Waals surface area contributed by atoms with E-state index >= 15 is 0 Å². The molecule has 0 atom stereocenters. The Bertz CT molecular complexity index is 622. The SMILES string of the molecule is COC(=O)c1c(OC(C)=O)ccc([N+](=O)[O-])c1OC(C)=O. The number of rotatable bonds is 4. The van der Waals surface area contributed by atoms with Crippen molar-refractivity contribution in [3.8, 4) is 11.5 Å². The summed E-state index contributed by atoms with van der Waals surface area (Å²) in [5.41, 5.74) is -1.15. The molecular weight excluding hydrogens is 286 g/mol. The first kappa shape index (κ1) is 16.1. The second kappa shape index (κ2) is 6.46. The Balaban J connectivity index is 3.63. The molecule has 0 saturated heterocycles.